The Labute approximate surface area is 114 Å². The third-order valence-electron chi connectivity index (χ3n) is 2.97. The summed E-state index contributed by atoms with van der Waals surface area (Å²) in [4.78, 5) is 11.1. The Morgan fingerprint density at radius 2 is 1.80 bits per heavy atom. The Morgan fingerprint density at radius 1 is 1.15 bits per heavy atom. The second kappa shape index (κ2) is 5.69. The van der Waals surface area contributed by atoms with Crippen molar-refractivity contribution < 1.29 is 18.7 Å². The second-order valence-electron chi connectivity index (χ2n) is 4.39. The number of rotatable bonds is 4. The van der Waals surface area contributed by atoms with E-state index >= 15 is 0 Å². The van der Waals surface area contributed by atoms with Crippen LogP contribution in [0, 0.1) is 11.6 Å². The molecule has 0 aliphatic carbocycles. The van der Waals surface area contributed by atoms with E-state index in [4.69, 9.17) is 5.11 Å². The lowest BCUT2D eigenvalue weighted by Crippen LogP contribution is -2.12. The predicted molar refractivity (Wildman–Crippen MR) is 71.8 cm³/mol. The highest BCUT2D eigenvalue weighted by Gasteiger charge is 2.17. The average Bonchev–Trinajstić information content (AvgIpc) is 2.39. The molecule has 2 aromatic rings. The van der Waals surface area contributed by atoms with Gasteiger partial charge in [0.1, 0.15) is 17.2 Å². The van der Waals surface area contributed by atoms with E-state index in [1.165, 1.54) is 24.3 Å². The summed E-state index contributed by atoms with van der Waals surface area (Å²) in [7, 11) is 0. The molecule has 0 aliphatic heterocycles. The van der Waals surface area contributed by atoms with Crippen molar-refractivity contribution in [3.8, 4) is 0 Å². The number of hydrogen-bond donors (Lipinski definition) is 2. The van der Waals surface area contributed by atoms with Crippen LogP contribution in [0.2, 0.25) is 0 Å². The molecule has 5 heteroatoms. The van der Waals surface area contributed by atoms with Crippen LogP contribution in [0.5, 0.6) is 0 Å². The van der Waals surface area contributed by atoms with E-state index in [1.54, 1.807) is 19.1 Å². The number of hydrogen-bond acceptors (Lipinski definition) is 2. The maximum Gasteiger partial charge on any atom is 0.340 e. The van der Waals surface area contributed by atoms with Gasteiger partial charge in [-0.05, 0) is 36.8 Å². The zero-order valence-electron chi connectivity index (χ0n) is 10.7. The number of carboxylic acids is 1. The summed E-state index contributed by atoms with van der Waals surface area (Å²) in [6.45, 7) is 1.78. The molecule has 2 N–H and O–H groups in total. The largest absolute Gasteiger partial charge is 0.478 e. The van der Waals surface area contributed by atoms with E-state index in [0.717, 1.165) is 11.6 Å². The molecule has 1 atom stereocenters. The van der Waals surface area contributed by atoms with Crippen LogP contribution in [0.25, 0.3) is 0 Å². The summed E-state index contributed by atoms with van der Waals surface area (Å²) in [6, 6.07) is 9.55. The highest BCUT2D eigenvalue weighted by atomic mass is 19.1. The zero-order valence-corrected chi connectivity index (χ0v) is 10.7. The Kier molecular flexibility index (Phi) is 3.98. The van der Waals surface area contributed by atoms with Crippen molar-refractivity contribution in [3.63, 3.8) is 0 Å². The molecule has 104 valence electrons. The van der Waals surface area contributed by atoms with Crippen LogP contribution in [0.1, 0.15) is 28.9 Å². The summed E-state index contributed by atoms with van der Waals surface area (Å²) in [6.07, 6.45) is 0. The quantitative estimate of drug-likeness (QED) is 0.892. The van der Waals surface area contributed by atoms with E-state index in [9.17, 15) is 13.6 Å². The van der Waals surface area contributed by atoms with Crippen LogP contribution in [-0.2, 0) is 0 Å². The van der Waals surface area contributed by atoms with Crippen LogP contribution < -0.4 is 5.32 Å². The van der Waals surface area contributed by atoms with Gasteiger partial charge in [0.05, 0.1) is 5.69 Å². The molecular weight excluding hydrogens is 264 g/mol. The number of aromatic carboxylic acids is 1. The van der Waals surface area contributed by atoms with Gasteiger partial charge in [-0.1, -0.05) is 18.2 Å². The molecule has 0 fully saturated rings. The van der Waals surface area contributed by atoms with Crippen molar-refractivity contribution in [1.29, 1.82) is 0 Å². The molecule has 3 nitrogen and oxygen atoms in total. The molecule has 20 heavy (non-hydrogen) atoms. The van der Waals surface area contributed by atoms with E-state index < -0.39 is 17.3 Å². The van der Waals surface area contributed by atoms with Crippen molar-refractivity contribution in [2.75, 3.05) is 5.32 Å². The highest BCUT2D eigenvalue weighted by Crippen LogP contribution is 2.24. The predicted octanol–water partition coefficient (Wildman–Crippen LogP) is 3.84. The molecular formula is C15H13F2NO2. The standard InChI is InChI=1S/C15H13F2NO2/c1-9(10-5-7-11(16)8-6-10)18-13-4-2-3-12(17)14(13)15(19)20/h2-9,18H,1H3,(H,19,20). The van der Waals surface area contributed by atoms with Crippen LogP contribution in [0.15, 0.2) is 42.5 Å². The van der Waals surface area contributed by atoms with Gasteiger partial charge in [0.15, 0.2) is 0 Å². The normalized spacial score (nSPS) is 11.9. The van der Waals surface area contributed by atoms with Crippen molar-refractivity contribution >= 4 is 11.7 Å². The van der Waals surface area contributed by atoms with Crippen molar-refractivity contribution in [1.82, 2.24) is 0 Å². The summed E-state index contributed by atoms with van der Waals surface area (Å²) in [5, 5.41) is 12.0. The van der Waals surface area contributed by atoms with E-state index in [-0.39, 0.29) is 17.5 Å². The third kappa shape index (κ3) is 2.93. The maximum atomic E-state index is 13.5. The Bertz CT molecular complexity index is 626. The number of carbonyl (C=O) groups is 1. The minimum absolute atomic E-state index is 0.189. The van der Waals surface area contributed by atoms with Crippen molar-refractivity contribution in [3.05, 3.63) is 65.2 Å². The summed E-state index contributed by atoms with van der Waals surface area (Å²) in [5.74, 6) is -2.48. The lowest BCUT2D eigenvalue weighted by molar-refractivity contribution is 0.0693. The molecule has 2 rings (SSSR count). The lowest BCUT2D eigenvalue weighted by Gasteiger charge is -2.17. The molecule has 0 spiro atoms. The summed E-state index contributed by atoms with van der Waals surface area (Å²) >= 11 is 0. The topological polar surface area (TPSA) is 49.3 Å². The Hall–Kier alpha value is -2.43. The van der Waals surface area contributed by atoms with Gasteiger partial charge in [-0.3, -0.25) is 0 Å². The fraction of sp³-hybridized carbons (Fsp3) is 0.133. The van der Waals surface area contributed by atoms with Crippen LogP contribution in [0.4, 0.5) is 14.5 Å². The minimum atomic E-state index is -1.34. The van der Waals surface area contributed by atoms with Gasteiger partial charge in [-0.2, -0.15) is 0 Å². The van der Waals surface area contributed by atoms with Crippen molar-refractivity contribution in [2.45, 2.75) is 13.0 Å². The summed E-state index contributed by atoms with van der Waals surface area (Å²) < 4.78 is 26.4. The Morgan fingerprint density at radius 3 is 2.40 bits per heavy atom. The first kappa shape index (κ1) is 14.0. The smallest absolute Gasteiger partial charge is 0.340 e. The first-order chi connectivity index (χ1) is 9.49. The molecule has 0 saturated carbocycles. The monoisotopic (exact) mass is 277 g/mol. The SMILES string of the molecule is CC(Nc1cccc(F)c1C(=O)O)c1ccc(F)cc1. The van der Waals surface area contributed by atoms with Crippen LogP contribution in [0.3, 0.4) is 0 Å². The first-order valence-corrected chi connectivity index (χ1v) is 6.03. The third-order valence-corrected chi connectivity index (χ3v) is 2.97. The van der Waals surface area contributed by atoms with E-state index in [0.29, 0.717) is 0 Å². The van der Waals surface area contributed by atoms with Gasteiger partial charge in [0.25, 0.3) is 0 Å². The molecule has 0 radical (unpaired) electrons. The van der Waals surface area contributed by atoms with E-state index in [2.05, 4.69) is 5.32 Å². The van der Waals surface area contributed by atoms with Gasteiger partial charge in [-0.15, -0.1) is 0 Å². The zero-order chi connectivity index (χ0) is 14.7. The van der Waals surface area contributed by atoms with Gasteiger partial charge in [0, 0.05) is 6.04 Å². The van der Waals surface area contributed by atoms with Crippen LogP contribution >= 0.6 is 0 Å². The summed E-state index contributed by atoms with van der Waals surface area (Å²) in [5.41, 5.74) is 0.558. The molecule has 0 heterocycles. The molecule has 0 aromatic heterocycles. The molecule has 0 amide bonds. The molecule has 2 aromatic carbocycles. The molecule has 0 bridgehead atoms. The fourth-order valence-electron chi connectivity index (χ4n) is 1.93. The molecule has 1 unspecified atom stereocenters. The maximum absolute atomic E-state index is 13.5. The van der Waals surface area contributed by atoms with Crippen molar-refractivity contribution in [2.24, 2.45) is 0 Å². The lowest BCUT2D eigenvalue weighted by atomic mass is 10.1. The molecule has 0 aliphatic rings. The minimum Gasteiger partial charge on any atom is -0.478 e. The number of anilines is 1. The average molecular weight is 277 g/mol. The second-order valence-corrected chi connectivity index (χ2v) is 4.39. The first-order valence-electron chi connectivity index (χ1n) is 6.03. The highest BCUT2D eigenvalue weighted by molar-refractivity contribution is 5.94. The van der Waals surface area contributed by atoms with Gasteiger partial charge in [-0.25, -0.2) is 13.6 Å². The van der Waals surface area contributed by atoms with Gasteiger partial charge >= 0.3 is 5.97 Å². The molecule has 0 saturated heterocycles. The van der Waals surface area contributed by atoms with Gasteiger partial charge < -0.3 is 10.4 Å². The number of benzene rings is 2. The van der Waals surface area contributed by atoms with Gasteiger partial charge in [0.2, 0.25) is 0 Å². The van der Waals surface area contributed by atoms with Crippen LogP contribution in [-0.4, -0.2) is 11.1 Å². The Balaban J connectivity index is 2.28. The number of nitrogens with one attached hydrogen (secondary N) is 1. The van der Waals surface area contributed by atoms with E-state index in [1.807, 2.05) is 0 Å². The number of carboxylic acid groups (broad SMARTS) is 1. The number of halogens is 2. The fourth-order valence-corrected chi connectivity index (χ4v) is 1.93.